The Morgan fingerprint density at radius 2 is 1.61 bits per heavy atom. The molecule has 4 aliphatic carbocycles. The van der Waals surface area contributed by atoms with Crippen molar-refractivity contribution in [1.82, 2.24) is 14.5 Å². The normalized spacial score (nSPS) is 32.0. The fourth-order valence-electron chi connectivity index (χ4n) is 7.02. The first-order valence-corrected chi connectivity index (χ1v) is 11.0. The number of hydrogen-bond acceptors (Lipinski definition) is 2. The van der Waals surface area contributed by atoms with Crippen molar-refractivity contribution in [3.8, 4) is 0 Å². The Hall–Kier alpha value is -2.04. The standard InChI is InChI=1S/C23H31N3O2/c1-3-25-19-6-4-5-7-20(19)26(22(25)28)14-21(27)24-15(2)23-11-16-8-17(12-23)10-18(9-16)13-23/h4-7,15-18H,3,8-14H2,1-2H3,(H,24,27). The van der Waals surface area contributed by atoms with Crippen molar-refractivity contribution in [2.75, 3.05) is 0 Å². The molecule has 0 radical (unpaired) electrons. The van der Waals surface area contributed by atoms with Crippen LogP contribution < -0.4 is 11.0 Å². The maximum absolute atomic E-state index is 12.9. The summed E-state index contributed by atoms with van der Waals surface area (Å²) in [5.74, 6) is 2.58. The van der Waals surface area contributed by atoms with Crippen molar-refractivity contribution in [3.05, 3.63) is 34.7 Å². The van der Waals surface area contributed by atoms with Gasteiger partial charge in [-0.2, -0.15) is 0 Å². The molecular formula is C23H31N3O2. The second kappa shape index (κ2) is 6.50. The van der Waals surface area contributed by atoms with Gasteiger partial charge in [-0.25, -0.2) is 4.79 Å². The number of benzene rings is 1. The summed E-state index contributed by atoms with van der Waals surface area (Å²) >= 11 is 0. The van der Waals surface area contributed by atoms with Crippen LogP contribution in [0, 0.1) is 23.2 Å². The van der Waals surface area contributed by atoms with E-state index in [2.05, 4.69) is 12.2 Å². The number of aryl methyl sites for hydroxylation is 1. The maximum atomic E-state index is 12.9. The third-order valence-electron chi connectivity index (χ3n) is 7.92. The highest BCUT2D eigenvalue weighted by atomic mass is 16.2. The molecule has 5 heteroatoms. The first-order valence-electron chi connectivity index (χ1n) is 11.0. The zero-order chi connectivity index (χ0) is 19.5. The number of hydrogen-bond donors (Lipinski definition) is 1. The van der Waals surface area contributed by atoms with E-state index in [1.54, 1.807) is 9.13 Å². The van der Waals surface area contributed by atoms with Crippen molar-refractivity contribution in [2.24, 2.45) is 23.2 Å². The van der Waals surface area contributed by atoms with E-state index in [0.717, 1.165) is 28.8 Å². The minimum atomic E-state index is -0.0960. The van der Waals surface area contributed by atoms with Crippen LogP contribution >= 0.6 is 0 Å². The first-order chi connectivity index (χ1) is 13.5. The summed E-state index contributed by atoms with van der Waals surface area (Å²) in [5.41, 5.74) is 1.93. The molecule has 1 amide bonds. The minimum Gasteiger partial charge on any atom is -0.352 e. The molecule has 0 spiro atoms. The number of aromatic nitrogens is 2. The van der Waals surface area contributed by atoms with E-state index in [-0.39, 0.29) is 29.6 Å². The summed E-state index contributed by atoms with van der Waals surface area (Å²) < 4.78 is 3.37. The molecule has 4 bridgehead atoms. The lowest BCUT2D eigenvalue weighted by Crippen LogP contribution is -2.56. The largest absolute Gasteiger partial charge is 0.352 e. The fraction of sp³-hybridized carbons (Fsp3) is 0.652. The van der Waals surface area contributed by atoms with Gasteiger partial charge in [0.2, 0.25) is 5.91 Å². The van der Waals surface area contributed by atoms with Crippen molar-refractivity contribution in [3.63, 3.8) is 0 Å². The van der Waals surface area contributed by atoms with E-state index >= 15 is 0 Å². The molecule has 28 heavy (non-hydrogen) atoms. The minimum absolute atomic E-state index is 0.0376. The molecule has 0 saturated heterocycles. The lowest BCUT2D eigenvalue weighted by Gasteiger charge is -2.59. The second-order valence-corrected chi connectivity index (χ2v) is 9.67. The first kappa shape index (κ1) is 18.0. The molecule has 1 N–H and O–H groups in total. The van der Waals surface area contributed by atoms with E-state index in [1.165, 1.54) is 38.5 Å². The van der Waals surface area contributed by atoms with Gasteiger partial charge in [-0.1, -0.05) is 12.1 Å². The van der Waals surface area contributed by atoms with Crippen LogP contribution in [0.25, 0.3) is 11.0 Å². The van der Waals surface area contributed by atoms with Crippen molar-refractivity contribution < 1.29 is 4.79 Å². The number of amides is 1. The van der Waals surface area contributed by atoms with E-state index in [9.17, 15) is 9.59 Å². The third-order valence-corrected chi connectivity index (χ3v) is 7.92. The van der Waals surface area contributed by atoms with Gasteiger partial charge in [-0.15, -0.1) is 0 Å². The number of imidazole rings is 1. The summed E-state index contributed by atoms with van der Waals surface area (Å²) in [6, 6.07) is 7.93. The monoisotopic (exact) mass is 381 g/mol. The second-order valence-electron chi connectivity index (χ2n) is 9.67. The molecule has 1 aromatic heterocycles. The van der Waals surface area contributed by atoms with Gasteiger partial charge in [-0.3, -0.25) is 13.9 Å². The Balaban J connectivity index is 1.35. The number of carbonyl (C=O) groups is 1. The molecule has 5 nitrogen and oxygen atoms in total. The Kier molecular flexibility index (Phi) is 4.18. The topological polar surface area (TPSA) is 56.0 Å². The average molecular weight is 382 g/mol. The molecule has 1 aromatic carbocycles. The molecule has 1 unspecified atom stereocenters. The number of para-hydroxylation sites is 2. The van der Waals surface area contributed by atoms with Gasteiger partial charge in [0.25, 0.3) is 0 Å². The number of rotatable bonds is 5. The maximum Gasteiger partial charge on any atom is 0.329 e. The van der Waals surface area contributed by atoms with Gasteiger partial charge in [-0.05, 0) is 87.7 Å². The van der Waals surface area contributed by atoms with Crippen LogP contribution in [0.4, 0.5) is 0 Å². The highest BCUT2D eigenvalue weighted by Gasteiger charge is 2.53. The molecule has 6 rings (SSSR count). The van der Waals surface area contributed by atoms with Crippen LogP contribution in [0.1, 0.15) is 52.4 Å². The zero-order valence-corrected chi connectivity index (χ0v) is 17.0. The average Bonchev–Trinajstić information content (AvgIpc) is 2.92. The van der Waals surface area contributed by atoms with Gasteiger partial charge in [0.15, 0.2) is 0 Å². The van der Waals surface area contributed by atoms with Crippen LogP contribution in [-0.2, 0) is 17.9 Å². The summed E-state index contributed by atoms with van der Waals surface area (Å²) in [4.78, 5) is 25.7. The van der Waals surface area contributed by atoms with Crippen LogP contribution in [0.2, 0.25) is 0 Å². The smallest absolute Gasteiger partial charge is 0.329 e. The van der Waals surface area contributed by atoms with Crippen LogP contribution in [0.3, 0.4) is 0 Å². The Bertz CT molecular complexity index is 935. The summed E-state index contributed by atoms with van der Waals surface area (Å²) in [7, 11) is 0. The molecule has 1 heterocycles. The molecule has 1 atom stereocenters. The van der Waals surface area contributed by atoms with Gasteiger partial charge in [0, 0.05) is 12.6 Å². The lowest BCUT2D eigenvalue weighted by molar-refractivity contribution is -0.126. The van der Waals surface area contributed by atoms with Crippen molar-refractivity contribution in [1.29, 1.82) is 0 Å². The number of nitrogens with zero attached hydrogens (tertiary/aromatic N) is 2. The Morgan fingerprint density at radius 1 is 1.07 bits per heavy atom. The zero-order valence-electron chi connectivity index (χ0n) is 17.0. The van der Waals surface area contributed by atoms with Gasteiger partial charge < -0.3 is 5.32 Å². The Morgan fingerprint density at radius 3 is 2.14 bits per heavy atom. The summed E-state index contributed by atoms with van der Waals surface area (Å²) in [6.45, 7) is 4.87. The lowest BCUT2D eigenvalue weighted by atomic mass is 9.48. The van der Waals surface area contributed by atoms with Crippen molar-refractivity contribution in [2.45, 2.75) is 71.5 Å². The van der Waals surface area contributed by atoms with Crippen molar-refractivity contribution >= 4 is 16.9 Å². The molecule has 4 saturated carbocycles. The Labute approximate surface area is 166 Å². The number of carbonyl (C=O) groups excluding carboxylic acids is 1. The van der Waals surface area contributed by atoms with Crippen LogP contribution in [0.15, 0.2) is 29.1 Å². The predicted molar refractivity (Wildman–Crippen MR) is 110 cm³/mol. The summed E-state index contributed by atoms with van der Waals surface area (Å²) in [6.07, 6.45) is 8.05. The van der Waals surface area contributed by atoms with Gasteiger partial charge >= 0.3 is 5.69 Å². The molecule has 4 fully saturated rings. The molecule has 4 aliphatic rings. The third kappa shape index (κ3) is 2.73. The number of nitrogens with one attached hydrogen (secondary N) is 1. The SMILES string of the molecule is CCn1c(=O)n(CC(=O)NC(C)C23CC4CC(CC(C4)C2)C3)c2ccccc21. The van der Waals surface area contributed by atoms with E-state index in [0.29, 0.717) is 6.54 Å². The fourth-order valence-corrected chi connectivity index (χ4v) is 7.02. The van der Waals surface area contributed by atoms with E-state index in [4.69, 9.17) is 0 Å². The van der Waals surface area contributed by atoms with Crippen LogP contribution in [-0.4, -0.2) is 21.1 Å². The highest BCUT2D eigenvalue weighted by molar-refractivity contribution is 5.81. The summed E-state index contributed by atoms with van der Waals surface area (Å²) in [5, 5.41) is 3.30. The number of fused-ring (bicyclic) bond motifs is 1. The van der Waals surface area contributed by atoms with Crippen LogP contribution in [0.5, 0.6) is 0 Å². The quantitative estimate of drug-likeness (QED) is 0.861. The highest BCUT2D eigenvalue weighted by Crippen LogP contribution is 2.61. The molecule has 2 aromatic rings. The molecular weight excluding hydrogens is 350 g/mol. The molecule has 150 valence electrons. The van der Waals surface area contributed by atoms with Gasteiger partial charge in [0.1, 0.15) is 6.54 Å². The van der Waals surface area contributed by atoms with E-state index < -0.39 is 0 Å². The van der Waals surface area contributed by atoms with E-state index in [1.807, 2.05) is 31.2 Å². The predicted octanol–water partition coefficient (Wildman–Crippen LogP) is 3.54. The van der Waals surface area contributed by atoms with Gasteiger partial charge in [0.05, 0.1) is 11.0 Å². The molecule has 0 aliphatic heterocycles.